The van der Waals surface area contributed by atoms with Crippen molar-refractivity contribution < 1.29 is 9.32 Å². The molecule has 1 aliphatic heterocycles. The molecule has 1 aliphatic rings. The highest BCUT2D eigenvalue weighted by Crippen LogP contribution is 2.21. The van der Waals surface area contributed by atoms with Crippen molar-refractivity contribution in [3.63, 3.8) is 0 Å². The summed E-state index contributed by atoms with van der Waals surface area (Å²) in [5, 5.41) is 7.24. The average molecular weight is 406 g/mol. The Morgan fingerprint density at radius 2 is 1.70 bits per heavy atom. The quantitative estimate of drug-likeness (QED) is 0.710. The minimum absolute atomic E-state index is 0.0298. The van der Waals surface area contributed by atoms with Gasteiger partial charge in [-0.25, -0.2) is 4.98 Å². The van der Waals surface area contributed by atoms with Gasteiger partial charge in [0, 0.05) is 43.6 Å². The highest BCUT2D eigenvalue weighted by Gasteiger charge is 2.27. The number of amides is 1. The molecular formula is C22H26N6O2. The molecule has 0 unspecified atom stereocenters. The zero-order chi connectivity index (χ0) is 21.3. The molecule has 0 aliphatic carbocycles. The average Bonchev–Trinajstić information content (AvgIpc) is 3.07. The standard InChI is InChI=1S/C22H26N6O2/c1-14-5-7-18(8-6-14)24-19-13-15(2)23-22(25-19)28-11-9-27(10-12-28)21(29)20-16(3)26-30-17(20)4/h5-8,13H,9-12H2,1-4H3,(H,23,24,25). The van der Waals surface area contributed by atoms with Gasteiger partial charge in [0.15, 0.2) is 0 Å². The van der Waals surface area contributed by atoms with Crippen LogP contribution >= 0.6 is 0 Å². The van der Waals surface area contributed by atoms with Crippen molar-refractivity contribution in [2.75, 3.05) is 36.4 Å². The Labute approximate surface area is 175 Å². The molecule has 1 amide bonds. The molecule has 1 aromatic carbocycles. The number of rotatable bonds is 4. The molecule has 156 valence electrons. The first kappa shape index (κ1) is 19.9. The van der Waals surface area contributed by atoms with Crippen molar-refractivity contribution >= 4 is 23.4 Å². The van der Waals surface area contributed by atoms with Gasteiger partial charge in [0.05, 0.1) is 5.69 Å². The number of carbonyl (C=O) groups excluding carboxylic acids is 1. The van der Waals surface area contributed by atoms with Crippen LogP contribution in [0.15, 0.2) is 34.9 Å². The molecule has 3 aromatic rings. The number of benzene rings is 1. The number of nitrogens with one attached hydrogen (secondary N) is 1. The second kappa shape index (κ2) is 8.14. The topological polar surface area (TPSA) is 87.4 Å². The number of anilines is 3. The molecule has 1 N–H and O–H groups in total. The van der Waals surface area contributed by atoms with Crippen LogP contribution in [-0.4, -0.2) is 52.1 Å². The molecule has 0 atom stereocenters. The van der Waals surface area contributed by atoms with Crippen LogP contribution in [0.2, 0.25) is 0 Å². The molecule has 0 spiro atoms. The minimum atomic E-state index is -0.0298. The van der Waals surface area contributed by atoms with Crippen molar-refractivity contribution in [1.82, 2.24) is 20.0 Å². The predicted octanol–water partition coefficient (Wildman–Crippen LogP) is 3.40. The van der Waals surface area contributed by atoms with E-state index in [4.69, 9.17) is 9.51 Å². The maximum absolute atomic E-state index is 12.8. The molecule has 1 saturated heterocycles. The summed E-state index contributed by atoms with van der Waals surface area (Å²) < 4.78 is 5.14. The highest BCUT2D eigenvalue weighted by molar-refractivity contribution is 5.96. The third kappa shape index (κ3) is 4.12. The first-order valence-corrected chi connectivity index (χ1v) is 10.1. The van der Waals surface area contributed by atoms with Gasteiger partial charge in [-0.3, -0.25) is 4.79 Å². The summed E-state index contributed by atoms with van der Waals surface area (Å²) in [5.74, 6) is 1.97. The summed E-state index contributed by atoms with van der Waals surface area (Å²) in [6.07, 6.45) is 0. The molecule has 2 aromatic heterocycles. The maximum atomic E-state index is 12.8. The number of aromatic nitrogens is 3. The zero-order valence-corrected chi connectivity index (χ0v) is 17.8. The van der Waals surface area contributed by atoms with Gasteiger partial charge < -0.3 is 19.6 Å². The predicted molar refractivity (Wildman–Crippen MR) is 115 cm³/mol. The molecule has 4 rings (SSSR count). The van der Waals surface area contributed by atoms with Crippen LogP contribution in [0.25, 0.3) is 0 Å². The molecule has 0 saturated carbocycles. The first-order valence-electron chi connectivity index (χ1n) is 10.1. The summed E-state index contributed by atoms with van der Waals surface area (Å²) in [5.41, 5.74) is 4.29. The van der Waals surface area contributed by atoms with Crippen molar-refractivity contribution in [3.05, 3.63) is 58.6 Å². The third-order valence-corrected chi connectivity index (χ3v) is 5.26. The van der Waals surface area contributed by atoms with Crippen molar-refractivity contribution in [2.24, 2.45) is 0 Å². The van der Waals surface area contributed by atoms with E-state index in [9.17, 15) is 4.79 Å². The Bertz CT molecular complexity index is 1030. The maximum Gasteiger partial charge on any atom is 0.259 e. The first-order chi connectivity index (χ1) is 14.4. The van der Waals surface area contributed by atoms with Crippen LogP contribution in [0.4, 0.5) is 17.5 Å². The number of hydrogen-bond donors (Lipinski definition) is 1. The summed E-state index contributed by atoms with van der Waals surface area (Å²) in [6, 6.07) is 10.1. The summed E-state index contributed by atoms with van der Waals surface area (Å²) in [6.45, 7) is 10.1. The van der Waals surface area contributed by atoms with Crippen molar-refractivity contribution in [3.8, 4) is 0 Å². The lowest BCUT2D eigenvalue weighted by atomic mass is 10.1. The van der Waals surface area contributed by atoms with Crippen LogP contribution < -0.4 is 10.2 Å². The lowest BCUT2D eigenvalue weighted by Gasteiger charge is -2.34. The van der Waals surface area contributed by atoms with E-state index in [0.717, 1.165) is 17.2 Å². The van der Waals surface area contributed by atoms with Crippen LogP contribution in [0, 0.1) is 27.7 Å². The molecule has 8 nitrogen and oxygen atoms in total. The lowest BCUT2D eigenvalue weighted by Crippen LogP contribution is -2.49. The van der Waals surface area contributed by atoms with Gasteiger partial charge in [-0.05, 0) is 39.8 Å². The van der Waals surface area contributed by atoms with E-state index in [1.165, 1.54) is 5.56 Å². The van der Waals surface area contributed by atoms with Gasteiger partial charge >= 0.3 is 0 Å². The lowest BCUT2D eigenvalue weighted by molar-refractivity contribution is 0.0744. The normalized spacial score (nSPS) is 14.1. The van der Waals surface area contributed by atoms with Crippen LogP contribution in [0.3, 0.4) is 0 Å². The van der Waals surface area contributed by atoms with E-state index in [0.29, 0.717) is 49.1 Å². The van der Waals surface area contributed by atoms with Crippen LogP contribution in [0.1, 0.15) is 33.1 Å². The minimum Gasteiger partial charge on any atom is -0.361 e. The van der Waals surface area contributed by atoms with Crippen molar-refractivity contribution in [1.29, 1.82) is 0 Å². The Balaban J connectivity index is 1.45. The second-order valence-electron chi connectivity index (χ2n) is 7.66. The van der Waals surface area contributed by atoms with Crippen LogP contribution in [0.5, 0.6) is 0 Å². The van der Waals surface area contributed by atoms with Crippen LogP contribution in [-0.2, 0) is 0 Å². The SMILES string of the molecule is Cc1ccc(Nc2cc(C)nc(N3CCN(C(=O)c4c(C)noc4C)CC3)n2)cc1. The molecule has 30 heavy (non-hydrogen) atoms. The molecule has 3 heterocycles. The summed E-state index contributed by atoms with van der Waals surface area (Å²) in [7, 11) is 0. The number of carbonyl (C=O) groups is 1. The van der Waals surface area contributed by atoms with Gasteiger partial charge in [-0.1, -0.05) is 22.9 Å². The Morgan fingerprint density at radius 3 is 2.33 bits per heavy atom. The summed E-state index contributed by atoms with van der Waals surface area (Å²) >= 11 is 0. The third-order valence-electron chi connectivity index (χ3n) is 5.26. The van der Waals surface area contributed by atoms with E-state index in [1.54, 1.807) is 13.8 Å². The molecule has 1 fully saturated rings. The summed E-state index contributed by atoms with van der Waals surface area (Å²) in [4.78, 5) is 26.1. The van der Waals surface area contributed by atoms with E-state index in [2.05, 4.69) is 39.4 Å². The van der Waals surface area contributed by atoms with E-state index >= 15 is 0 Å². The Morgan fingerprint density at radius 1 is 1.00 bits per heavy atom. The fraction of sp³-hybridized carbons (Fsp3) is 0.364. The molecule has 0 radical (unpaired) electrons. The van der Waals surface area contributed by atoms with Gasteiger partial charge in [-0.15, -0.1) is 0 Å². The number of nitrogens with zero attached hydrogens (tertiary/aromatic N) is 5. The number of hydrogen-bond acceptors (Lipinski definition) is 7. The monoisotopic (exact) mass is 406 g/mol. The van der Waals surface area contributed by atoms with E-state index < -0.39 is 0 Å². The van der Waals surface area contributed by atoms with Gasteiger partial charge in [0.2, 0.25) is 5.95 Å². The van der Waals surface area contributed by atoms with Gasteiger partial charge in [0.25, 0.3) is 5.91 Å². The fourth-order valence-corrected chi connectivity index (χ4v) is 3.60. The van der Waals surface area contributed by atoms with Gasteiger partial charge in [0.1, 0.15) is 17.1 Å². The number of aryl methyl sites for hydroxylation is 4. The Kier molecular flexibility index (Phi) is 5.39. The molecular weight excluding hydrogens is 380 g/mol. The fourth-order valence-electron chi connectivity index (χ4n) is 3.60. The second-order valence-corrected chi connectivity index (χ2v) is 7.66. The molecule has 0 bridgehead atoms. The largest absolute Gasteiger partial charge is 0.361 e. The molecule has 8 heteroatoms. The van der Waals surface area contributed by atoms with Gasteiger partial charge in [-0.2, -0.15) is 4.98 Å². The van der Waals surface area contributed by atoms with E-state index in [-0.39, 0.29) is 5.91 Å². The van der Waals surface area contributed by atoms with Crippen molar-refractivity contribution in [2.45, 2.75) is 27.7 Å². The highest BCUT2D eigenvalue weighted by atomic mass is 16.5. The van der Waals surface area contributed by atoms with E-state index in [1.807, 2.05) is 30.0 Å². The Hall–Kier alpha value is -3.42. The smallest absolute Gasteiger partial charge is 0.259 e. The number of piperazine rings is 1. The zero-order valence-electron chi connectivity index (χ0n) is 17.8.